The first-order chi connectivity index (χ1) is 16.5. The predicted octanol–water partition coefficient (Wildman–Crippen LogP) is 4.68. The maximum atomic E-state index is 11.2. The highest BCUT2D eigenvalue weighted by Crippen LogP contribution is 2.32. The number of aromatic nitrogens is 3. The second-order valence-electron chi connectivity index (χ2n) is 8.41. The molecule has 4 aromatic rings. The van der Waals surface area contributed by atoms with Crippen LogP contribution in [0.2, 0.25) is 0 Å². The number of rotatable bonds is 5. The van der Waals surface area contributed by atoms with Crippen molar-refractivity contribution in [3.63, 3.8) is 0 Å². The maximum absolute atomic E-state index is 11.2. The van der Waals surface area contributed by atoms with Gasteiger partial charge in [0.05, 0.1) is 18.3 Å². The van der Waals surface area contributed by atoms with Crippen molar-refractivity contribution in [2.75, 3.05) is 32.6 Å². The van der Waals surface area contributed by atoms with Gasteiger partial charge in [-0.15, -0.1) is 0 Å². The average Bonchev–Trinajstić information content (AvgIpc) is 3.44. The van der Waals surface area contributed by atoms with E-state index in [9.17, 15) is 4.79 Å². The highest BCUT2D eigenvalue weighted by molar-refractivity contribution is 5.78. The first kappa shape index (κ1) is 23.4. The molecule has 34 heavy (non-hydrogen) atoms. The smallest absolute Gasteiger partial charge is 0.209 e. The van der Waals surface area contributed by atoms with Crippen molar-refractivity contribution in [3.8, 4) is 17.0 Å². The van der Waals surface area contributed by atoms with Crippen molar-refractivity contribution in [1.29, 1.82) is 0 Å². The molecule has 5 rings (SSSR count). The number of imidazole rings is 1. The Kier molecular flexibility index (Phi) is 7.15. The summed E-state index contributed by atoms with van der Waals surface area (Å²) in [6, 6.07) is 14.1. The summed E-state index contributed by atoms with van der Waals surface area (Å²) in [5.41, 5.74) is 4.15. The lowest BCUT2D eigenvalue weighted by Crippen LogP contribution is -2.33. The zero-order valence-corrected chi connectivity index (χ0v) is 20.1. The number of nitrogens with zero attached hydrogens (tertiary/aromatic N) is 4. The highest BCUT2D eigenvalue weighted by atomic mass is 16.5. The summed E-state index contributed by atoms with van der Waals surface area (Å²) in [5, 5.41) is 6.66. The number of likely N-dealkylation sites (tertiary alicyclic amines) is 1. The van der Waals surface area contributed by atoms with Gasteiger partial charge in [0.2, 0.25) is 6.41 Å². The monoisotopic (exact) mass is 461 g/mol. The number of anilines is 1. The lowest BCUT2D eigenvalue weighted by atomic mass is 9.97. The maximum Gasteiger partial charge on any atom is 0.209 e. The Morgan fingerprint density at radius 1 is 1.21 bits per heavy atom. The van der Waals surface area contributed by atoms with Crippen LogP contribution in [0.4, 0.5) is 5.82 Å². The summed E-state index contributed by atoms with van der Waals surface area (Å²) in [7, 11) is 3.50. The van der Waals surface area contributed by atoms with Gasteiger partial charge < -0.3 is 23.9 Å². The molecule has 1 fully saturated rings. The van der Waals surface area contributed by atoms with Crippen LogP contribution in [0.25, 0.3) is 16.8 Å². The zero-order chi connectivity index (χ0) is 24.1. The summed E-state index contributed by atoms with van der Waals surface area (Å²) in [6.07, 6.45) is 5.07. The first-order valence-electron chi connectivity index (χ1n) is 11.5. The fraction of sp³-hybridized carbons (Fsp3) is 0.346. The van der Waals surface area contributed by atoms with Crippen LogP contribution in [0.1, 0.15) is 35.9 Å². The minimum absolute atomic E-state index is 0.258. The van der Waals surface area contributed by atoms with Crippen molar-refractivity contribution in [2.45, 2.75) is 32.6 Å². The molecule has 1 aromatic carbocycles. The third kappa shape index (κ3) is 4.76. The summed E-state index contributed by atoms with van der Waals surface area (Å²) in [5.74, 6) is 3.81. The van der Waals surface area contributed by atoms with Gasteiger partial charge in [0.25, 0.3) is 0 Å². The molecule has 0 spiro atoms. The number of aryl methyl sites for hydroxylation is 1. The number of fused-ring (bicyclic) bond motifs is 1. The van der Waals surface area contributed by atoms with Crippen molar-refractivity contribution < 1.29 is 14.1 Å². The molecule has 0 saturated carbocycles. The Bertz CT molecular complexity index is 1260. The van der Waals surface area contributed by atoms with Crippen molar-refractivity contribution in [1.82, 2.24) is 19.4 Å². The molecule has 4 heterocycles. The van der Waals surface area contributed by atoms with Crippen LogP contribution in [0.15, 0.2) is 53.2 Å². The Morgan fingerprint density at radius 2 is 2.06 bits per heavy atom. The normalized spacial score (nSPS) is 15.5. The molecule has 1 unspecified atom stereocenters. The minimum Gasteiger partial charge on any atom is -0.497 e. The van der Waals surface area contributed by atoms with E-state index in [1.54, 1.807) is 7.11 Å². The van der Waals surface area contributed by atoms with Gasteiger partial charge in [0.15, 0.2) is 5.82 Å². The molecule has 1 atom stereocenters. The molecule has 0 bridgehead atoms. The van der Waals surface area contributed by atoms with Gasteiger partial charge in [-0.05, 0) is 51.0 Å². The van der Waals surface area contributed by atoms with Crippen LogP contribution < -0.4 is 10.1 Å². The van der Waals surface area contributed by atoms with Gasteiger partial charge in [-0.25, -0.2) is 4.98 Å². The van der Waals surface area contributed by atoms with Crippen LogP contribution in [-0.4, -0.2) is 53.1 Å². The van der Waals surface area contributed by atoms with Crippen LogP contribution in [0.5, 0.6) is 5.75 Å². The van der Waals surface area contributed by atoms with E-state index < -0.39 is 0 Å². The second-order valence-corrected chi connectivity index (χ2v) is 8.41. The van der Waals surface area contributed by atoms with Crippen LogP contribution in [0.3, 0.4) is 0 Å². The summed E-state index contributed by atoms with van der Waals surface area (Å²) < 4.78 is 12.4. The summed E-state index contributed by atoms with van der Waals surface area (Å²) in [4.78, 5) is 18.0. The number of amides is 1. The van der Waals surface area contributed by atoms with Crippen molar-refractivity contribution in [2.24, 2.45) is 0 Å². The highest BCUT2D eigenvalue weighted by Gasteiger charge is 2.25. The number of carbonyl (C=O) groups is 1. The Labute approximate surface area is 199 Å². The number of carbonyl (C=O) groups excluding carboxylic acids is 1. The third-order valence-electron chi connectivity index (χ3n) is 6.28. The average molecular weight is 462 g/mol. The number of nitrogens with one attached hydrogen (secondary N) is 1. The van der Waals surface area contributed by atoms with E-state index >= 15 is 0 Å². The topological polar surface area (TPSA) is 84.9 Å². The van der Waals surface area contributed by atoms with Crippen molar-refractivity contribution in [3.05, 3.63) is 65.8 Å². The first-order valence-corrected chi connectivity index (χ1v) is 11.5. The van der Waals surface area contributed by atoms with Gasteiger partial charge >= 0.3 is 0 Å². The number of methoxy groups -OCH3 is 1. The van der Waals surface area contributed by atoms with E-state index in [-0.39, 0.29) is 5.92 Å². The van der Waals surface area contributed by atoms with Crippen LogP contribution >= 0.6 is 0 Å². The standard InChI is InChI=1S/C20H21N3O2.C6H10N2O/c1-25-17-8-4-6-15(12-17)19-18-9-2-3-11-23(18)20(21-19)16-7-5-10-22(13-16)14-24;1-4-5(2)9-8-6(4)7-3/h2-4,6,8-9,11-12,14,16H,5,7,10,13H2,1H3;1-3H3,(H,7,8). The largest absolute Gasteiger partial charge is 0.497 e. The molecule has 1 N–H and O–H groups in total. The van der Waals surface area contributed by atoms with Crippen LogP contribution in [0, 0.1) is 13.8 Å². The molecule has 1 aliphatic heterocycles. The number of pyridine rings is 1. The van der Waals surface area contributed by atoms with E-state index in [2.05, 4.69) is 33.2 Å². The molecular weight excluding hydrogens is 430 g/mol. The fourth-order valence-electron chi connectivity index (χ4n) is 4.30. The van der Waals surface area contributed by atoms with E-state index in [1.165, 1.54) is 0 Å². The number of hydrogen-bond donors (Lipinski definition) is 1. The van der Waals surface area contributed by atoms with Crippen LogP contribution in [-0.2, 0) is 4.79 Å². The quantitative estimate of drug-likeness (QED) is 0.435. The Balaban J connectivity index is 0.000000257. The van der Waals surface area contributed by atoms with Crippen molar-refractivity contribution >= 4 is 17.7 Å². The molecule has 3 aromatic heterocycles. The molecule has 8 heteroatoms. The summed E-state index contributed by atoms with van der Waals surface area (Å²) >= 11 is 0. The molecule has 1 amide bonds. The van der Waals surface area contributed by atoms with E-state index in [0.29, 0.717) is 0 Å². The number of ether oxygens (including phenoxy) is 1. The lowest BCUT2D eigenvalue weighted by Gasteiger charge is -2.29. The fourth-order valence-corrected chi connectivity index (χ4v) is 4.30. The van der Waals surface area contributed by atoms with Gasteiger partial charge in [-0.3, -0.25) is 4.79 Å². The Hall–Kier alpha value is -3.81. The number of piperidine rings is 1. The minimum atomic E-state index is 0.258. The SMILES string of the molecule is CNc1noc(C)c1C.COc1cccc(-c2nc(C3CCCN(C=O)C3)n3ccccc23)c1. The van der Waals surface area contributed by atoms with Gasteiger partial charge in [0, 0.05) is 43.4 Å². The molecule has 0 aliphatic carbocycles. The summed E-state index contributed by atoms with van der Waals surface area (Å²) in [6.45, 7) is 5.43. The number of hydrogen-bond acceptors (Lipinski definition) is 6. The second kappa shape index (κ2) is 10.4. The lowest BCUT2D eigenvalue weighted by molar-refractivity contribution is -0.119. The molecule has 1 aliphatic rings. The molecule has 178 valence electrons. The van der Waals surface area contributed by atoms with Gasteiger partial charge in [-0.2, -0.15) is 0 Å². The number of benzene rings is 1. The molecular formula is C26H31N5O3. The zero-order valence-electron chi connectivity index (χ0n) is 20.1. The predicted molar refractivity (Wildman–Crippen MR) is 132 cm³/mol. The van der Waals surface area contributed by atoms with E-state index in [4.69, 9.17) is 14.2 Å². The molecule has 8 nitrogen and oxygen atoms in total. The van der Waals surface area contributed by atoms with Gasteiger partial charge in [-0.1, -0.05) is 23.4 Å². The molecule has 0 radical (unpaired) electrons. The Morgan fingerprint density at radius 3 is 2.74 bits per heavy atom. The third-order valence-corrected chi connectivity index (χ3v) is 6.28. The molecule has 1 saturated heterocycles. The van der Waals surface area contributed by atoms with E-state index in [0.717, 1.165) is 77.8 Å². The van der Waals surface area contributed by atoms with E-state index in [1.807, 2.05) is 56.1 Å². The van der Waals surface area contributed by atoms with Gasteiger partial charge in [0.1, 0.15) is 17.3 Å².